The summed E-state index contributed by atoms with van der Waals surface area (Å²) in [5, 5.41) is 10.8. The quantitative estimate of drug-likeness (QED) is 0.0384. The van der Waals surface area contributed by atoms with Gasteiger partial charge >= 0.3 is 15.2 Å². The fraction of sp³-hybridized carbons (Fsp3) is 0.565. The number of aliphatic hydroxyl groups is 1. The number of carbonyl (C=O) groups excluding carboxylic acids is 4. The minimum atomic E-state index is -5.65. The van der Waals surface area contributed by atoms with Gasteiger partial charge in [-0.2, -0.15) is 0 Å². The van der Waals surface area contributed by atoms with Crippen molar-refractivity contribution < 1.29 is 53.0 Å². The number of halogens is 2. The Balaban J connectivity index is 2.64. The van der Waals surface area contributed by atoms with Crippen LogP contribution >= 0.6 is 38.4 Å². The number of imide groups is 1. The van der Waals surface area contributed by atoms with Gasteiger partial charge in [0.2, 0.25) is 18.2 Å². The molecule has 0 saturated carbocycles. The number of benzene rings is 1. The predicted octanol–water partition coefficient (Wildman–Crippen LogP) is -0.772. The molecule has 0 radical (unpaired) electrons. The summed E-state index contributed by atoms with van der Waals surface area (Å²) in [6.45, 7) is 1.27. The Morgan fingerprint density at radius 1 is 1.05 bits per heavy atom. The number of hydrogen-bond acceptors (Lipinski definition) is 9. The van der Waals surface area contributed by atoms with Crippen molar-refractivity contribution in [2.45, 2.75) is 43.4 Å². The third kappa shape index (κ3) is 11.7. The maximum absolute atomic E-state index is 12.6. The number of nitrogens with zero attached hydrogens (tertiary/aromatic N) is 2. The van der Waals surface area contributed by atoms with E-state index < -0.39 is 76.0 Å². The molecule has 43 heavy (non-hydrogen) atoms. The molecule has 2 atom stereocenters. The minimum Gasteiger partial charge on any atom is -0.369 e. The molecule has 16 nitrogen and oxygen atoms in total. The van der Waals surface area contributed by atoms with E-state index in [-0.39, 0.29) is 12.8 Å². The second-order valence-electron chi connectivity index (χ2n) is 9.46. The van der Waals surface area contributed by atoms with Gasteiger partial charge in [-0.15, -0.1) is 23.2 Å². The van der Waals surface area contributed by atoms with Crippen molar-refractivity contribution in [2.24, 2.45) is 5.73 Å². The molecule has 0 heterocycles. The Labute approximate surface area is 258 Å². The molecule has 0 aliphatic carbocycles. The van der Waals surface area contributed by atoms with Crippen LogP contribution in [0.2, 0.25) is 0 Å². The average molecular weight is 692 g/mol. The van der Waals surface area contributed by atoms with Crippen molar-refractivity contribution in [3.8, 4) is 0 Å². The van der Waals surface area contributed by atoms with Gasteiger partial charge < -0.3 is 45.9 Å². The molecule has 0 unspecified atom stereocenters. The standard InChI is InChI=1S/C23H37Cl2N5O11P2/c1-16(28-21(33)19(26)13-17-3-5-18(6-4-17)29(11-8-24)12-9-25)22(34)30(15-31)14-20(32)27-10-2-7-23(35,42(36,37)38)43(39,40)41/h3-6,15-16,19,35H,2,7-14,26H2,1H3,(H,27,32)(H,28,33)(H2,36,37,38)(H2,39,40,41)/t16-,19-/m0/s1. The summed E-state index contributed by atoms with van der Waals surface area (Å²) >= 11 is 11.7. The van der Waals surface area contributed by atoms with Crippen LogP contribution in [0.15, 0.2) is 24.3 Å². The summed E-state index contributed by atoms with van der Waals surface area (Å²) in [6, 6.07) is 4.97. The molecule has 9 N–H and O–H groups in total. The fourth-order valence-corrected chi connectivity index (χ4v) is 6.45. The maximum atomic E-state index is 12.6. The third-order valence-electron chi connectivity index (χ3n) is 6.20. The van der Waals surface area contributed by atoms with E-state index >= 15 is 0 Å². The van der Waals surface area contributed by atoms with Crippen LogP contribution in [-0.2, 0) is 34.7 Å². The summed E-state index contributed by atoms with van der Waals surface area (Å²) < 4.78 is 22.7. The van der Waals surface area contributed by atoms with Crippen molar-refractivity contribution in [3.63, 3.8) is 0 Å². The van der Waals surface area contributed by atoms with Crippen LogP contribution in [0.25, 0.3) is 0 Å². The average Bonchev–Trinajstić information content (AvgIpc) is 2.92. The Morgan fingerprint density at radius 2 is 1.58 bits per heavy atom. The highest BCUT2D eigenvalue weighted by Crippen LogP contribution is 2.69. The summed E-state index contributed by atoms with van der Waals surface area (Å²) in [5.74, 6) is -1.70. The molecule has 1 aromatic carbocycles. The molecule has 1 aromatic rings. The highest BCUT2D eigenvalue weighted by atomic mass is 35.5. The number of nitrogens with two attached hydrogens (primary N) is 1. The summed E-state index contributed by atoms with van der Waals surface area (Å²) in [7, 11) is -11.3. The van der Waals surface area contributed by atoms with Crippen LogP contribution in [0.3, 0.4) is 0 Å². The topological polar surface area (TPSA) is 260 Å². The summed E-state index contributed by atoms with van der Waals surface area (Å²) in [4.78, 5) is 87.8. The van der Waals surface area contributed by atoms with Crippen molar-refractivity contribution in [1.82, 2.24) is 15.5 Å². The maximum Gasteiger partial charge on any atom is 0.369 e. The lowest BCUT2D eigenvalue weighted by Crippen LogP contribution is -2.53. The van der Waals surface area contributed by atoms with E-state index in [1.165, 1.54) is 6.92 Å². The highest BCUT2D eigenvalue weighted by molar-refractivity contribution is 7.72. The van der Waals surface area contributed by atoms with Crippen LogP contribution < -0.4 is 21.3 Å². The molecule has 244 valence electrons. The first-order valence-corrected chi connectivity index (χ1v) is 17.1. The van der Waals surface area contributed by atoms with Crippen LogP contribution in [0, 0.1) is 0 Å². The number of alkyl halides is 2. The lowest BCUT2D eigenvalue weighted by Gasteiger charge is -2.29. The van der Waals surface area contributed by atoms with Crippen molar-refractivity contribution >= 4 is 68.2 Å². The van der Waals surface area contributed by atoms with E-state index in [4.69, 9.17) is 48.5 Å². The van der Waals surface area contributed by atoms with Crippen molar-refractivity contribution in [2.75, 3.05) is 42.8 Å². The normalized spacial score (nSPS) is 13.5. The second kappa shape index (κ2) is 17.4. The Bertz CT molecular complexity index is 1170. The Hall–Kier alpha value is -2.10. The van der Waals surface area contributed by atoms with Gasteiger partial charge in [0.1, 0.15) is 12.6 Å². The van der Waals surface area contributed by atoms with Crippen LogP contribution in [0.5, 0.6) is 0 Å². The molecule has 0 aliphatic rings. The van der Waals surface area contributed by atoms with Gasteiger partial charge in [-0.05, 0) is 37.5 Å². The summed E-state index contributed by atoms with van der Waals surface area (Å²) in [6.07, 6.45) is -1.34. The predicted molar refractivity (Wildman–Crippen MR) is 158 cm³/mol. The van der Waals surface area contributed by atoms with Gasteiger partial charge in [0.05, 0.1) is 6.04 Å². The van der Waals surface area contributed by atoms with Gasteiger partial charge in [0.15, 0.2) is 0 Å². The van der Waals surface area contributed by atoms with E-state index in [1.54, 1.807) is 12.1 Å². The molecular weight excluding hydrogens is 655 g/mol. The SMILES string of the molecule is C[C@H](NC(=O)[C@@H](N)Cc1ccc(N(CCCl)CCCl)cc1)C(=O)N(C=O)CC(=O)NCCCC(O)(P(=O)(O)O)P(=O)(O)O. The first-order valence-electron chi connectivity index (χ1n) is 12.8. The van der Waals surface area contributed by atoms with E-state index in [1.807, 2.05) is 17.0 Å². The fourth-order valence-electron chi connectivity index (χ4n) is 3.79. The monoisotopic (exact) mass is 691 g/mol. The van der Waals surface area contributed by atoms with E-state index in [2.05, 4.69) is 10.6 Å². The molecule has 0 fully saturated rings. The number of anilines is 1. The van der Waals surface area contributed by atoms with Gasteiger partial charge in [-0.25, -0.2) is 0 Å². The van der Waals surface area contributed by atoms with E-state index in [9.17, 15) is 33.4 Å². The molecule has 0 saturated heterocycles. The molecule has 0 spiro atoms. The largest absolute Gasteiger partial charge is 0.369 e. The highest BCUT2D eigenvalue weighted by Gasteiger charge is 2.58. The number of amides is 4. The van der Waals surface area contributed by atoms with Crippen LogP contribution in [0.4, 0.5) is 5.69 Å². The first-order chi connectivity index (χ1) is 19.9. The zero-order valence-electron chi connectivity index (χ0n) is 23.2. The Kier molecular flexibility index (Phi) is 15.8. The van der Waals surface area contributed by atoms with E-state index in [0.717, 1.165) is 11.3 Å². The summed E-state index contributed by atoms with van der Waals surface area (Å²) in [5.41, 5.74) is 7.64. The molecule has 4 amide bonds. The minimum absolute atomic E-state index is 0.0596. The van der Waals surface area contributed by atoms with E-state index in [0.29, 0.717) is 29.7 Å². The molecule has 0 aromatic heterocycles. The van der Waals surface area contributed by atoms with Crippen molar-refractivity contribution in [3.05, 3.63) is 29.8 Å². The molecule has 0 aliphatic heterocycles. The zero-order valence-corrected chi connectivity index (χ0v) is 26.5. The van der Waals surface area contributed by atoms with Gasteiger partial charge in [-0.3, -0.25) is 33.2 Å². The molecule has 1 rings (SSSR count). The molecule has 20 heteroatoms. The van der Waals surface area contributed by atoms with Crippen LogP contribution in [-0.4, -0.2) is 109 Å². The molecular formula is C23H37Cl2N5O11P2. The second-order valence-corrected chi connectivity index (χ2v) is 14.2. The van der Waals surface area contributed by atoms with Gasteiger partial charge in [-0.1, -0.05) is 12.1 Å². The Morgan fingerprint density at radius 3 is 2.05 bits per heavy atom. The van der Waals surface area contributed by atoms with Gasteiger partial charge in [0, 0.05) is 43.5 Å². The number of hydrogen-bond donors (Lipinski definition) is 8. The van der Waals surface area contributed by atoms with Crippen molar-refractivity contribution in [1.29, 1.82) is 0 Å². The smallest absolute Gasteiger partial charge is 0.369 e. The lowest BCUT2D eigenvalue weighted by atomic mass is 10.0. The third-order valence-corrected chi connectivity index (χ3v) is 10.4. The number of rotatable bonds is 19. The zero-order chi connectivity index (χ0) is 33.0. The molecule has 0 bridgehead atoms. The lowest BCUT2D eigenvalue weighted by molar-refractivity contribution is -0.144. The van der Waals surface area contributed by atoms with Gasteiger partial charge in [0.25, 0.3) is 11.0 Å². The number of nitrogens with one attached hydrogen (secondary N) is 2. The number of carbonyl (C=O) groups is 4. The van der Waals surface area contributed by atoms with Crippen LogP contribution in [0.1, 0.15) is 25.3 Å². The first kappa shape index (κ1) is 38.9.